The molecule has 1 aliphatic rings. The second kappa shape index (κ2) is 6.85. The van der Waals surface area contributed by atoms with Gasteiger partial charge in [0.05, 0.1) is 6.10 Å². The molecule has 2 N–H and O–H groups in total. The molecule has 1 heterocycles. The van der Waals surface area contributed by atoms with E-state index in [2.05, 4.69) is 10.2 Å². The predicted molar refractivity (Wildman–Crippen MR) is 71.5 cm³/mol. The van der Waals surface area contributed by atoms with Crippen molar-refractivity contribution in [1.82, 2.24) is 10.2 Å². The first-order chi connectivity index (χ1) is 8.81. The lowest BCUT2D eigenvalue weighted by atomic mass is 10.0. The molecule has 2 unspecified atom stereocenters. The highest BCUT2D eigenvalue weighted by Gasteiger charge is 2.23. The van der Waals surface area contributed by atoms with Crippen LogP contribution in [0.5, 0.6) is 0 Å². The van der Waals surface area contributed by atoms with Gasteiger partial charge >= 0.3 is 0 Å². The summed E-state index contributed by atoms with van der Waals surface area (Å²) in [6.07, 6.45) is -0.739. The van der Waals surface area contributed by atoms with Crippen LogP contribution in [0.1, 0.15) is 11.7 Å². The highest BCUT2D eigenvalue weighted by molar-refractivity contribution is 5.18. The highest BCUT2D eigenvalue weighted by Crippen LogP contribution is 2.21. The van der Waals surface area contributed by atoms with Crippen molar-refractivity contribution in [2.75, 3.05) is 39.8 Å². The van der Waals surface area contributed by atoms with Crippen molar-refractivity contribution in [2.24, 2.45) is 0 Å². The standard InChI is InChI=1S/C14H22N2O2/c1-18-14(12-5-3-2-4-6-12)13(17)11-16-9-7-15-8-10-16/h2-6,13-15,17H,7-11H2,1H3. The molecular formula is C14H22N2O2. The summed E-state index contributed by atoms with van der Waals surface area (Å²) < 4.78 is 5.45. The van der Waals surface area contributed by atoms with Crippen LogP contribution in [0.25, 0.3) is 0 Å². The topological polar surface area (TPSA) is 44.7 Å². The Morgan fingerprint density at radius 1 is 1.28 bits per heavy atom. The first-order valence-electron chi connectivity index (χ1n) is 6.50. The zero-order valence-corrected chi connectivity index (χ0v) is 10.9. The molecule has 0 radical (unpaired) electrons. The minimum Gasteiger partial charge on any atom is -0.389 e. The van der Waals surface area contributed by atoms with Gasteiger partial charge in [-0.15, -0.1) is 0 Å². The molecule has 0 amide bonds. The van der Waals surface area contributed by atoms with E-state index >= 15 is 0 Å². The SMILES string of the molecule is COC(c1ccccc1)C(O)CN1CCNCC1. The second-order valence-corrected chi connectivity index (χ2v) is 4.68. The van der Waals surface area contributed by atoms with Gasteiger partial charge in [0.15, 0.2) is 0 Å². The maximum Gasteiger partial charge on any atom is 0.109 e. The van der Waals surface area contributed by atoms with Crippen LogP contribution >= 0.6 is 0 Å². The van der Waals surface area contributed by atoms with Crippen molar-refractivity contribution in [3.8, 4) is 0 Å². The molecule has 0 spiro atoms. The maximum absolute atomic E-state index is 10.3. The fourth-order valence-corrected chi connectivity index (χ4v) is 2.41. The van der Waals surface area contributed by atoms with E-state index in [-0.39, 0.29) is 6.10 Å². The lowest BCUT2D eigenvalue weighted by molar-refractivity contribution is -0.0308. The largest absolute Gasteiger partial charge is 0.389 e. The molecule has 0 aromatic heterocycles. The minimum atomic E-state index is -0.490. The van der Waals surface area contributed by atoms with Gasteiger partial charge in [-0.05, 0) is 5.56 Å². The van der Waals surface area contributed by atoms with Crippen LogP contribution in [0.4, 0.5) is 0 Å². The highest BCUT2D eigenvalue weighted by atomic mass is 16.5. The molecule has 1 aromatic carbocycles. The van der Waals surface area contributed by atoms with E-state index in [1.807, 2.05) is 30.3 Å². The summed E-state index contributed by atoms with van der Waals surface area (Å²) in [5.41, 5.74) is 1.03. The Hall–Kier alpha value is -0.940. The van der Waals surface area contributed by atoms with E-state index < -0.39 is 6.10 Å². The number of hydrogen-bond acceptors (Lipinski definition) is 4. The van der Waals surface area contributed by atoms with Crippen LogP contribution in [0.2, 0.25) is 0 Å². The molecule has 2 rings (SSSR count). The number of nitrogens with one attached hydrogen (secondary N) is 1. The quantitative estimate of drug-likeness (QED) is 0.805. The van der Waals surface area contributed by atoms with E-state index in [4.69, 9.17) is 4.74 Å². The molecule has 2 atom stereocenters. The summed E-state index contributed by atoms with van der Waals surface area (Å²) in [6, 6.07) is 9.90. The zero-order chi connectivity index (χ0) is 12.8. The smallest absolute Gasteiger partial charge is 0.109 e. The third kappa shape index (κ3) is 3.53. The Kier molecular flexibility index (Phi) is 5.13. The molecule has 4 nitrogen and oxygen atoms in total. The monoisotopic (exact) mass is 250 g/mol. The number of aliphatic hydroxyl groups is 1. The zero-order valence-electron chi connectivity index (χ0n) is 10.9. The van der Waals surface area contributed by atoms with Crippen molar-refractivity contribution < 1.29 is 9.84 Å². The van der Waals surface area contributed by atoms with Gasteiger partial charge in [0.2, 0.25) is 0 Å². The Bertz CT molecular complexity index is 339. The van der Waals surface area contributed by atoms with Crippen molar-refractivity contribution >= 4 is 0 Å². The third-order valence-electron chi connectivity index (χ3n) is 3.39. The van der Waals surface area contributed by atoms with Gasteiger partial charge in [-0.3, -0.25) is 4.90 Å². The third-order valence-corrected chi connectivity index (χ3v) is 3.39. The Morgan fingerprint density at radius 3 is 2.56 bits per heavy atom. The molecule has 100 valence electrons. The molecule has 1 saturated heterocycles. The van der Waals surface area contributed by atoms with Gasteiger partial charge in [-0.2, -0.15) is 0 Å². The van der Waals surface area contributed by atoms with Crippen LogP contribution in [0, 0.1) is 0 Å². The van der Waals surface area contributed by atoms with Gasteiger partial charge < -0.3 is 15.2 Å². The van der Waals surface area contributed by atoms with Crippen molar-refractivity contribution in [3.05, 3.63) is 35.9 Å². The molecular weight excluding hydrogens is 228 g/mol. The number of aliphatic hydroxyl groups excluding tert-OH is 1. The van der Waals surface area contributed by atoms with Gasteiger partial charge in [0, 0.05) is 39.8 Å². The van der Waals surface area contributed by atoms with Crippen LogP contribution in [-0.4, -0.2) is 55.9 Å². The van der Waals surface area contributed by atoms with Crippen LogP contribution < -0.4 is 5.32 Å². The van der Waals surface area contributed by atoms with E-state index in [0.717, 1.165) is 31.7 Å². The summed E-state index contributed by atoms with van der Waals surface area (Å²) in [5, 5.41) is 13.6. The number of piperazine rings is 1. The Morgan fingerprint density at radius 2 is 1.94 bits per heavy atom. The van der Waals surface area contributed by atoms with Crippen molar-refractivity contribution in [1.29, 1.82) is 0 Å². The number of rotatable bonds is 5. The van der Waals surface area contributed by atoms with Crippen LogP contribution in [-0.2, 0) is 4.74 Å². The fourth-order valence-electron chi connectivity index (χ4n) is 2.41. The van der Waals surface area contributed by atoms with E-state index in [0.29, 0.717) is 6.54 Å². The summed E-state index contributed by atoms with van der Waals surface area (Å²) in [5.74, 6) is 0. The number of nitrogens with zero attached hydrogens (tertiary/aromatic N) is 1. The molecule has 18 heavy (non-hydrogen) atoms. The van der Waals surface area contributed by atoms with Gasteiger partial charge in [-0.1, -0.05) is 30.3 Å². The normalized spacial score (nSPS) is 20.6. The number of hydrogen-bond donors (Lipinski definition) is 2. The van der Waals surface area contributed by atoms with Crippen LogP contribution in [0.3, 0.4) is 0 Å². The fraction of sp³-hybridized carbons (Fsp3) is 0.571. The molecule has 1 aromatic rings. The molecule has 0 saturated carbocycles. The van der Waals surface area contributed by atoms with Gasteiger partial charge in [-0.25, -0.2) is 0 Å². The first-order valence-corrected chi connectivity index (χ1v) is 6.50. The Labute approximate surface area is 109 Å². The van der Waals surface area contributed by atoms with Gasteiger partial charge in [0.25, 0.3) is 0 Å². The predicted octanol–water partition coefficient (Wildman–Crippen LogP) is 0.640. The number of β-amino-alcohol motifs (C(OH)–C–C–N with tert-alkyl or cyclic N) is 1. The lowest BCUT2D eigenvalue weighted by Crippen LogP contribution is -2.47. The summed E-state index contributed by atoms with van der Waals surface area (Å²) >= 11 is 0. The van der Waals surface area contributed by atoms with Gasteiger partial charge in [0.1, 0.15) is 6.10 Å². The summed E-state index contributed by atoms with van der Waals surface area (Å²) in [7, 11) is 1.65. The maximum atomic E-state index is 10.3. The van der Waals surface area contributed by atoms with E-state index in [9.17, 15) is 5.11 Å². The molecule has 1 fully saturated rings. The summed E-state index contributed by atoms with van der Waals surface area (Å²) in [4.78, 5) is 2.27. The average molecular weight is 250 g/mol. The Balaban J connectivity index is 1.94. The van der Waals surface area contributed by atoms with Crippen molar-refractivity contribution in [2.45, 2.75) is 12.2 Å². The van der Waals surface area contributed by atoms with Crippen LogP contribution in [0.15, 0.2) is 30.3 Å². The molecule has 4 heteroatoms. The van der Waals surface area contributed by atoms with E-state index in [1.54, 1.807) is 7.11 Å². The number of methoxy groups -OCH3 is 1. The summed E-state index contributed by atoms with van der Waals surface area (Å²) in [6.45, 7) is 4.63. The minimum absolute atomic E-state index is 0.249. The molecule has 1 aliphatic heterocycles. The molecule has 0 bridgehead atoms. The van der Waals surface area contributed by atoms with Crippen molar-refractivity contribution in [3.63, 3.8) is 0 Å². The van der Waals surface area contributed by atoms with E-state index in [1.165, 1.54) is 0 Å². The molecule has 0 aliphatic carbocycles. The number of benzene rings is 1. The second-order valence-electron chi connectivity index (χ2n) is 4.68. The average Bonchev–Trinajstić information content (AvgIpc) is 2.42. The lowest BCUT2D eigenvalue weighted by Gasteiger charge is -2.31. The first kappa shape index (κ1) is 13.5. The number of ether oxygens (including phenoxy) is 1.